The molecule has 2 aliphatic rings. The van der Waals surface area contributed by atoms with E-state index in [0.717, 1.165) is 12.8 Å². The van der Waals surface area contributed by atoms with Crippen LogP contribution in [0.2, 0.25) is 0 Å². The molecule has 2 rings (SSSR count). The Morgan fingerprint density at radius 1 is 1.11 bits per heavy atom. The topological polar surface area (TPSA) is 72.3 Å². The van der Waals surface area contributed by atoms with E-state index in [1.165, 1.54) is 0 Å². The van der Waals surface area contributed by atoms with E-state index in [-0.39, 0.29) is 25.3 Å². The SMILES string of the molecule is NC(=O)C(N)(CN1CCC(C(F)(F)F)CC1)C1CC1. The maximum Gasteiger partial charge on any atom is 0.391 e. The summed E-state index contributed by atoms with van der Waals surface area (Å²) in [6.45, 7) is 0.920. The summed E-state index contributed by atoms with van der Waals surface area (Å²) >= 11 is 0. The molecule has 4 nitrogen and oxygen atoms in total. The zero-order valence-electron chi connectivity index (χ0n) is 10.7. The van der Waals surface area contributed by atoms with Crippen molar-refractivity contribution in [3.8, 4) is 0 Å². The number of alkyl halides is 3. The lowest BCUT2D eigenvalue weighted by atomic mass is 9.90. The minimum Gasteiger partial charge on any atom is -0.368 e. The molecule has 0 aromatic carbocycles. The van der Waals surface area contributed by atoms with Gasteiger partial charge < -0.3 is 16.4 Å². The average molecular weight is 279 g/mol. The second-order valence-electron chi connectivity index (χ2n) is 5.77. The van der Waals surface area contributed by atoms with Gasteiger partial charge in [-0.1, -0.05) is 0 Å². The predicted octanol–water partition coefficient (Wildman–Crippen LogP) is 0.853. The Labute approximate surface area is 110 Å². The molecule has 1 saturated carbocycles. The Hall–Kier alpha value is -0.820. The van der Waals surface area contributed by atoms with Gasteiger partial charge in [0.05, 0.1) is 5.92 Å². The molecule has 0 aromatic heterocycles. The number of hydrogen-bond acceptors (Lipinski definition) is 3. The highest BCUT2D eigenvalue weighted by Gasteiger charge is 2.49. The molecule has 19 heavy (non-hydrogen) atoms. The average Bonchev–Trinajstić information content (AvgIpc) is 3.12. The van der Waals surface area contributed by atoms with Crippen molar-refractivity contribution in [3.63, 3.8) is 0 Å². The Balaban J connectivity index is 1.90. The molecule has 0 spiro atoms. The summed E-state index contributed by atoms with van der Waals surface area (Å²) in [7, 11) is 0. The summed E-state index contributed by atoms with van der Waals surface area (Å²) < 4.78 is 37.7. The van der Waals surface area contributed by atoms with Crippen molar-refractivity contribution in [2.75, 3.05) is 19.6 Å². The van der Waals surface area contributed by atoms with Crippen molar-refractivity contribution in [1.29, 1.82) is 0 Å². The lowest BCUT2D eigenvalue weighted by Gasteiger charge is -2.38. The molecule has 1 atom stereocenters. The number of amides is 1. The summed E-state index contributed by atoms with van der Waals surface area (Å²) in [5.74, 6) is -1.69. The van der Waals surface area contributed by atoms with E-state index in [0.29, 0.717) is 13.1 Å². The molecule has 1 unspecified atom stereocenters. The van der Waals surface area contributed by atoms with E-state index in [4.69, 9.17) is 11.5 Å². The Morgan fingerprint density at radius 3 is 2.00 bits per heavy atom. The molecule has 4 N–H and O–H groups in total. The highest BCUT2D eigenvalue weighted by atomic mass is 19.4. The maximum absolute atomic E-state index is 12.6. The van der Waals surface area contributed by atoms with Gasteiger partial charge in [0.2, 0.25) is 5.91 Å². The summed E-state index contributed by atoms with van der Waals surface area (Å²) in [4.78, 5) is 13.3. The fourth-order valence-corrected chi connectivity index (χ4v) is 2.80. The number of carbonyl (C=O) groups excluding carboxylic acids is 1. The van der Waals surface area contributed by atoms with Crippen molar-refractivity contribution < 1.29 is 18.0 Å². The van der Waals surface area contributed by atoms with Crippen LogP contribution in [0, 0.1) is 11.8 Å². The smallest absolute Gasteiger partial charge is 0.368 e. The first-order valence-corrected chi connectivity index (χ1v) is 6.61. The quantitative estimate of drug-likeness (QED) is 0.801. The van der Waals surface area contributed by atoms with Gasteiger partial charge >= 0.3 is 6.18 Å². The number of carbonyl (C=O) groups is 1. The van der Waals surface area contributed by atoms with E-state index < -0.39 is 23.5 Å². The third kappa shape index (κ3) is 3.20. The van der Waals surface area contributed by atoms with E-state index in [1.54, 1.807) is 0 Å². The normalized spacial score (nSPS) is 26.1. The summed E-state index contributed by atoms with van der Waals surface area (Å²) in [6, 6.07) is 0. The standard InChI is InChI=1S/C12H20F3N3O/c13-12(14,15)9-3-5-18(6-4-9)7-11(17,10(16)19)8-1-2-8/h8-9H,1-7,17H2,(H2,16,19). The highest BCUT2D eigenvalue weighted by Crippen LogP contribution is 2.40. The molecule has 0 bridgehead atoms. The Morgan fingerprint density at radius 2 is 1.63 bits per heavy atom. The zero-order chi connectivity index (χ0) is 14.3. The van der Waals surface area contributed by atoms with Gasteiger partial charge in [-0.15, -0.1) is 0 Å². The van der Waals surface area contributed by atoms with Crippen molar-refractivity contribution in [3.05, 3.63) is 0 Å². The predicted molar refractivity (Wildman–Crippen MR) is 64.1 cm³/mol. The highest BCUT2D eigenvalue weighted by molar-refractivity contribution is 5.85. The fourth-order valence-electron chi connectivity index (χ4n) is 2.80. The molecular weight excluding hydrogens is 259 g/mol. The third-order valence-corrected chi connectivity index (χ3v) is 4.30. The van der Waals surface area contributed by atoms with Gasteiger partial charge in [-0.2, -0.15) is 13.2 Å². The monoisotopic (exact) mass is 279 g/mol. The largest absolute Gasteiger partial charge is 0.391 e. The number of likely N-dealkylation sites (tertiary alicyclic amines) is 1. The van der Waals surface area contributed by atoms with Crippen LogP contribution >= 0.6 is 0 Å². The van der Waals surface area contributed by atoms with Gasteiger partial charge in [0.15, 0.2) is 0 Å². The van der Waals surface area contributed by atoms with Crippen LogP contribution in [0.3, 0.4) is 0 Å². The molecule has 1 heterocycles. The van der Waals surface area contributed by atoms with Crippen molar-refractivity contribution in [1.82, 2.24) is 4.90 Å². The van der Waals surface area contributed by atoms with Crippen molar-refractivity contribution >= 4 is 5.91 Å². The maximum atomic E-state index is 12.6. The van der Waals surface area contributed by atoms with E-state index in [9.17, 15) is 18.0 Å². The van der Waals surface area contributed by atoms with Crippen LogP contribution in [0.4, 0.5) is 13.2 Å². The molecule has 7 heteroatoms. The lowest BCUT2D eigenvalue weighted by molar-refractivity contribution is -0.185. The van der Waals surface area contributed by atoms with Gasteiger partial charge in [-0.3, -0.25) is 4.79 Å². The third-order valence-electron chi connectivity index (χ3n) is 4.30. The van der Waals surface area contributed by atoms with Gasteiger partial charge in [0.25, 0.3) is 0 Å². The molecule has 1 saturated heterocycles. The Bertz CT molecular complexity index is 349. The second kappa shape index (κ2) is 4.94. The van der Waals surface area contributed by atoms with Crippen LogP contribution in [0.15, 0.2) is 0 Å². The van der Waals surface area contributed by atoms with Gasteiger partial charge in [0, 0.05) is 6.54 Å². The van der Waals surface area contributed by atoms with Crippen LogP contribution in [0.5, 0.6) is 0 Å². The van der Waals surface area contributed by atoms with Gasteiger partial charge in [0.1, 0.15) is 5.54 Å². The lowest BCUT2D eigenvalue weighted by Crippen LogP contribution is -2.61. The molecule has 1 aliphatic heterocycles. The Kier molecular flexibility index (Phi) is 3.79. The first kappa shape index (κ1) is 14.6. The van der Waals surface area contributed by atoms with Crippen LogP contribution in [0.25, 0.3) is 0 Å². The van der Waals surface area contributed by atoms with Crippen LogP contribution < -0.4 is 11.5 Å². The molecule has 0 radical (unpaired) electrons. The summed E-state index contributed by atoms with van der Waals surface area (Å²) in [5, 5.41) is 0. The van der Waals surface area contributed by atoms with E-state index in [2.05, 4.69) is 0 Å². The molecule has 1 aliphatic carbocycles. The number of piperidine rings is 1. The molecule has 1 amide bonds. The van der Waals surface area contributed by atoms with E-state index in [1.807, 2.05) is 4.90 Å². The first-order valence-electron chi connectivity index (χ1n) is 6.61. The first-order chi connectivity index (χ1) is 8.73. The zero-order valence-corrected chi connectivity index (χ0v) is 10.7. The molecule has 2 fully saturated rings. The second-order valence-corrected chi connectivity index (χ2v) is 5.77. The number of halogens is 3. The molecule has 0 aromatic rings. The summed E-state index contributed by atoms with van der Waals surface area (Å²) in [6.07, 6.45) is -2.23. The molecule has 110 valence electrons. The fraction of sp³-hybridized carbons (Fsp3) is 0.917. The van der Waals surface area contributed by atoms with Crippen molar-refractivity contribution in [2.45, 2.75) is 37.4 Å². The number of hydrogen-bond donors (Lipinski definition) is 2. The van der Waals surface area contributed by atoms with Crippen LogP contribution in [-0.2, 0) is 4.79 Å². The minimum atomic E-state index is -4.12. The van der Waals surface area contributed by atoms with Crippen LogP contribution in [-0.4, -0.2) is 42.2 Å². The van der Waals surface area contributed by atoms with Crippen molar-refractivity contribution in [2.24, 2.45) is 23.3 Å². The minimum absolute atomic E-state index is 0.0724. The van der Waals surface area contributed by atoms with Gasteiger partial charge in [-0.25, -0.2) is 0 Å². The van der Waals surface area contributed by atoms with Gasteiger partial charge in [-0.05, 0) is 44.7 Å². The number of primary amides is 1. The molecular formula is C12H20F3N3O. The summed E-state index contributed by atoms with van der Waals surface area (Å²) in [5.41, 5.74) is 10.3. The van der Waals surface area contributed by atoms with E-state index >= 15 is 0 Å². The number of nitrogens with zero attached hydrogens (tertiary/aromatic N) is 1. The number of rotatable bonds is 4. The van der Waals surface area contributed by atoms with Crippen LogP contribution in [0.1, 0.15) is 25.7 Å². The number of nitrogens with two attached hydrogens (primary N) is 2.